The van der Waals surface area contributed by atoms with E-state index in [0.717, 1.165) is 51.9 Å². The van der Waals surface area contributed by atoms with E-state index in [-0.39, 0.29) is 0 Å². The number of aliphatic imine (C=N–C) groups is 1. The maximum atomic E-state index is 5.42. The highest BCUT2D eigenvalue weighted by Crippen LogP contribution is 2.43. The van der Waals surface area contributed by atoms with Gasteiger partial charge in [-0.15, -0.1) is 0 Å². The fourth-order valence-corrected chi connectivity index (χ4v) is 3.28. The van der Waals surface area contributed by atoms with Crippen molar-refractivity contribution in [3.63, 3.8) is 0 Å². The predicted molar refractivity (Wildman–Crippen MR) is 92.4 cm³/mol. The van der Waals surface area contributed by atoms with Gasteiger partial charge < -0.3 is 15.4 Å². The second kappa shape index (κ2) is 8.73. The zero-order valence-electron chi connectivity index (χ0n) is 14.7. The van der Waals surface area contributed by atoms with Gasteiger partial charge in [-0.25, -0.2) is 0 Å². The van der Waals surface area contributed by atoms with Crippen LogP contribution in [-0.4, -0.2) is 62.8 Å². The van der Waals surface area contributed by atoms with E-state index in [2.05, 4.69) is 36.3 Å². The van der Waals surface area contributed by atoms with Crippen LogP contribution in [0.4, 0.5) is 0 Å². The summed E-state index contributed by atoms with van der Waals surface area (Å²) in [6.07, 6.45) is 5.31. The van der Waals surface area contributed by atoms with Crippen LogP contribution in [-0.2, 0) is 4.74 Å². The van der Waals surface area contributed by atoms with Gasteiger partial charge in [0.15, 0.2) is 5.96 Å². The fraction of sp³-hybridized carbons (Fsp3) is 0.941. The lowest BCUT2D eigenvalue weighted by Gasteiger charge is -2.40. The smallest absolute Gasteiger partial charge is 0.191 e. The molecule has 0 spiro atoms. The third kappa shape index (κ3) is 4.85. The van der Waals surface area contributed by atoms with Crippen LogP contribution in [0.1, 0.15) is 46.5 Å². The van der Waals surface area contributed by atoms with E-state index in [1.54, 1.807) is 0 Å². The monoisotopic (exact) mass is 310 g/mol. The molecule has 1 atom stereocenters. The number of guanidine groups is 1. The first-order chi connectivity index (χ1) is 10.7. The Bertz CT molecular complexity index is 343. The van der Waals surface area contributed by atoms with E-state index in [1.807, 2.05) is 0 Å². The molecule has 0 bridgehead atoms. The molecule has 1 unspecified atom stereocenters. The molecule has 128 valence electrons. The van der Waals surface area contributed by atoms with Gasteiger partial charge in [0.05, 0.1) is 13.2 Å². The van der Waals surface area contributed by atoms with Crippen molar-refractivity contribution in [1.82, 2.24) is 15.5 Å². The number of nitrogens with zero attached hydrogens (tertiary/aromatic N) is 2. The first kappa shape index (κ1) is 17.5. The summed E-state index contributed by atoms with van der Waals surface area (Å²) < 4.78 is 5.42. The van der Waals surface area contributed by atoms with E-state index in [4.69, 9.17) is 9.73 Å². The molecule has 2 rings (SSSR count). The average Bonchev–Trinajstić information content (AvgIpc) is 2.52. The number of ether oxygens (including phenoxy) is 1. The Morgan fingerprint density at radius 3 is 2.50 bits per heavy atom. The minimum atomic E-state index is 0.484. The van der Waals surface area contributed by atoms with E-state index in [0.29, 0.717) is 11.5 Å². The van der Waals surface area contributed by atoms with Crippen LogP contribution < -0.4 is 10.6 Å². The molecule has 0 amide bonds. The summed E-state index contributed by atoms with van der Waals surface area (Å²) in [6.45, 7) is 13.3. The summed E-state index contributed by atoms with van der Waals surface area (Å²) in [5.41, 5.74) is 0.484. The van der Waals surface area contributed by atoms with Crippen LogP contribution in [0.5, 0.6) is 0 Å². The summed E-state index contributed by atoms with van der Waals surface area (Å²) in [5.74, 6) is 0.974. The number of rotatable bonds is 7. The van der Waals surface area contributed by atoms with Crippen LogP contribution in [0.15, 0.2) is 4.99 Å². The maximum absolute atomic E-state index is 5.42. The average molecular weight is 310 g/mol. The third-order valence-corrected chi connectivity index (χ3v) is 5.31. The molecule has 5 heteroatoms. The van der Waals surface area contributed by atoms with Gasteiger partial charge in [0.2, 0.25) is 0 Å². The van der Waals surface area contributed by atoms with Crippen molar-refractivity contribution in [2.24, 2.45) is 10.4 Å². The zero-order valence-corrected chi connectivity index (χ0v) is 14.7. The van der Waals surface area contributed by atoms with Gasteiger partial charge in [-0.2, -0.15) is 0 Å². The molecule has 2 N–H and O–H groups in total. The van der Waals surface area contributed by atoms with E-state index >= 15 is 0 Å². The van der Waals surface area contributed by atoms with Gasteiger partial charge in [-0.3, -0.25) is 9.89 Å². The summed E-state index contributed by atoms with van der Waals surface area (Å²) in [6, 6.07) is 0.511. The molecule has 22 heavy (non-hydrogen) atoms. The van der Waals surface area contributed by atoms with Gasteiger partial charge in [0.25, 0.3) is 0 Å². The van der Waals surface area contributed by atoms with Crippen LogP contribution in [0, 0.1) is 5.41 Å². The summed E-state index contributed by atoms with van der Waals surface area (Å²) in [5, 5.41) is 6.90. The summed E-state index contributed by atoms with van der Waals surface area (Å²) in [7, 11) is 0. The normalized spacial score (nSPS) is 23.7. The van der Waals surface area contributed by atoms with Crippen LogP contribution in [0.25, 0.3) is 0 Å². The van der Waals surface area contributed by atoms with Crippen molar-refractivity contribution in [3.05, 3.63) is 0 Å². The molecule has 0 aromatic heterocycles. The SMILES string of the molecule is CCNC(=NCC1(CC)CCC1)NCC(C)N1CCOCC1. The van der Waals surface area contributed by atoms with Gasteiger partial charge in [-0.1, -0.05) is 13.3 Å². The summed E-state index contributed by atoms with van der Waals surface area (Å²) >= 11 is 0. The minimum Gasteiger partial charge on any atom is -0.379 e. The molecule has 2 aliphatic rings. The second-order valence-corrected chi connectivity index (χ2v) is 6.78. The minimum absolute atomic E-state index is 0.484. The van der Waals surface area contributed by atoms with Crippen molar-refractivity contribution in [1.29, 1.82) is 0 Å². The van der Waals surface area contributed by atoms with Crippen molar-refractivity contribution >= 4 is 5.96 Å². The highest BCUT2D eigenvalue weighted by atomic mass is 16.5. The molecule has 2 fully saturated rings. The zero-order chi connectivity index (χ0) is 15.8. The lowest BCUT2D eigenvalue weighted by Crippen LogP contribution is -2.49. The predicted octanol–water partition coefficient (Wildman–Crippen LogP) is 1.84. The van der Waals surface area contributed by atoms with Crippen molar-refractivity contribution in [2.45, 2.75) is 52.5 Å². The first-order valence-electron chi connectivity index (χ1n) is 9.03. The Labute approximate surface area is 135 Å². The van der Waals surface area contributed by atoms with Crippen molar-refractivity contribution in [2.75, 3.05) is 45.9 Å². The van der Waals surface area contributed by atoms with E-state index < -0.39 is 0 Å². The number of hydrogen-bond donors (Lipinski definition) is 2. The molecule has 0 aromatic carbocycles. The number of hydrogen-bond acceptors (Lipinski definition) is 3. The Balaban J connectivity index is 1.79. The Hall–Kier alpha value is -0.810. The molecule has 1 saturated heterocycles. The molecule has 1 saturated carbocycles. The van der Waals surface area contributed by atoms with Crippen LogP contribution in [0.2, 0.25) is 0 Å². The van der Waals surface area contributed by atoms with Crippen molar-refractivity contribution in [3.8, 4) is 0 Å². The topological polar surface area (TPSA) is 48.9 Å². The van der Waals surface area contributed by atoms with Crippen molar-refractivity contribution < 1.29 is 4.74 Å². The highest BCUT2D eigenvalue weighted by Gasteiger charge is 2.34. The van der Waals surface area contributed by atoms with Gasteiger partial charge >= 0.3 is 0 Å². The third-order valence-electron chi connectivity index (χ3n) is 5.31. The van der Waals surface area contributed by atoms with Crippen LogP contribution in [0.3, 0.4) is 0 Å². The number of morpholine rings is 1. The van der Waals surface area contributed by atoms with Crippen LogP contribution >= 0.6 is 0 Å². The molecule has 0 radical (unpaired) electrons. The maximum Gasteiger partial charge on any atom is 0.191 e. The number of nitrogens with one attached hydrogen (secondary N) is 2. The van der Waals surface area contributed by atoms with Gasteiger partial charge in [0, 0.05) is 38.8 Å². The fourth-order valence-electron chi connectivity index (χ4n) is 3.28. The standard InChI is InChI=1S/C17H34N4O/c1-4-17(7-6-8-17)14-20-16(18-5-2)19-13-15(3)21-9-11-22-12-10-21/h15H,4-14H2,1-3H3,(H2,18,19,20). The lowest BCUT2D eigenvalue weighted by atomic mass is 9.67. The largest absolute Gasteiger partial charge is 0.379 e. The first-order valence-corrected chi connectivity index (χ1v) is 9.03. The molecule has 0 aromatic rings. The Morgan fingerprint density at radius 2 is 1.95 bits per heavy atom. The summed E-state index contributed by atoms with van der Waals surface area (Å²) in [4.78, 5) is 7.33. The van der Waals surface area contributed by atoms with Gasteiger partial charge in [-0.05, 0) is 38.5 Å². The Kier molecular flexibility index (Phi) is 6.96. The lowest BCUT2D eigenvalue weighted by molar-refractivity contribution is 0.0211. The van der Waals surface area contributed by atoms with E-state index in [9.17, 15) is 0 Å². The highest BCUT2D eigenvalue weighted by molar-refractivity contribution is 5.79. The molecular weight excluding hydrogens is 276 g/mol. The molecule has 5 nitrogen and oxygen atoms in total. The van der Waals surface area contributed by atoms with E-state index in [1.165, 1.54) is 25.7 Å². The molecular formula is C17H34N4O. The Morgan fingerprint density at radius 1 is 1.23 bits per heavy atom. The van der Waals surface area contributed by atoms with Gasteiger partial charge in [0.1, 0.15) is 0 Å². The quantitative estimate of drug-likeness (QED) is 0.556. The second-order valence-electron chi connectivity index (χ2n) is 6.78. The molecule has 1 aliphatic carbocycles. The molecule has 1 aliphatic heterocycles. The molecule has 1 heterocycles.